The summed E-state index contributed by atoms with van der Waals surface area (Å²) in [5.41, 5.74) is 3.10. The van der Waals surface area contributed by atoms with E-state index in [-0.39, 0.29) is 19.0 Å². The van der Waals surface area contributed by atoms with E-state index in [2.05, 4.69) is 32.4 Å². The van der Waals surface area contributed by atoms with E-state index >= 15 is 0 Å². The molecule has 39 heavy (non-hydrogen) atoms. The number of ether oxygens (including phenoxy) is 1. The molecule has 4 aromatic rings. The first-order chi connectivity index (χ1) is 18.9. The van der Waals surface area contributed by atoms with Crippen LogP contribution in [0.25, 0.3) is 10.9 Å². The second kappa shape index (κ2) is 9.58. The molecule has 9 heteroatoms. The number of carbonyl (C=O) groups excluding carboxylic acids is 3. The minimum absolute atomic E-state index is 0.107. The zero-order chi connectivity index (χ0) is 27.0. The number of imide groups is 1. The van der Waals surface area contributed by atoms with E-state index in [1.54, 1.807) is 30.6 Å². The molecular weight excluding hydrogens is 494 g/mol. The van der Waals surface area contributed by atoms with Crippen LogP contribution in [0.15, 0.2) is 73.1 Å². The summed E-state index contributed by atoms with van der Waals surface area (Å²) in [7, 11) is 0. The molecule has 2 aromatic heterocycles. The molecule has 192 valence electrons. The lowest BCUT2D eigenvalue weighted by Gasteiger charge is -2.26. The number of rotatable bonds is 5. The van der Waals surface area contributed by atoms with Gasteiger partial charge in [-0.25, -0.2) is 4.79 Å². The van der Waals surface area contributed by atoms with Crippen LogP contribution in [-0.4, -0.2) is 44.8 Å². The average molecular weight is 518 g/mol. The van der Waals surface area contributed by atoms with Crippen molar-refractivity contribution in [3.05, 3.63) is 101 Å². The van der Waals surface area contributed by atoms with Crippen molar-refractivity contribution >= 4 is 28.7 Å². The number of aryl methyl sites for hydroxylation is 1. The van der Waals surface area contributed by atoms with Crippen LogP contribution in [0.1, 0.15) is 32.7 Å². The molecule has 1 atom stereocenters. The molecule has 0 unspecified atom stereocenters. The number of pyridine rings is 2. The van der Waals surface area contributed by atoms with Gasteiger partial charge in [-0.2, -0.15) is 0 Å². The SMILES string of the molecule is Cc1cc(COc2ccc3c(c2)C(=O)N(C[C@@]2(C#Cc4cccnc4)NC(=O)NC2=O)C3)c2ccccc2n1. The lowest BCUT2D eigenvalue weighted by molar-refractivity contribution is -0.122. The van der Waals surface area contributed by atoms with Gasteiger partial charge in [0.1, 0.15) is 12.4 Å². The van der Waals surface area contributed by atoms with Crippen LogP contribution in [0.3, 0.4) is 0 Å². The van der Waals surface area contributed by atoms with Crippen molar-refractivity contribution < 1.29 is 19.1 Å². The van der Waals surface area contributed by atoms with Gasteiger partial charge in [-0.3, -0.25) is 24.9 Å². The highest BCUT2D eigenvalue weighted by atomic mass is 16.5. The third kappa shape index (κ3) is 4.64. The molecular formula is C30H23N5O4. The second-order valence-corrected chi connectivity index (χ2v) is 9.51. The first-order valence-electron chi connectivity index (χ1n) is 12.4. The van der Waals surface area contributed by atoms with Crippen LogP contribution in [0.4, 0.5) is 4.79 Å². The monoisotopic (exact) mass is 517 g/mol. The van der Waals surface area contributed by atoms with Gasteiger partial charge in [-0.15, -0.1) is 0 Å². The molecule has 0 saturated carbocycles. The Morgan fingerprint density at radius 2 is 1.95 bits per heavy atom. The van der Waals surface area contributed by atoms with Crippen LogP contribution in [-0.2, 0) is 17.9 Å². The van der Waals surface area contributed by atoms with Crippen LogP contribution in [0.2, 0.25) is 0 Å². The predicted octanol–water partition coefficient (Wildman–Crippen LogP) is 3.10. The molecule has 6 rings (SSSR count). The van der Waals surface area contributed by atoms with Crippen LogP contribution >= 0.6 is 0 Å². The van der Waals surface area contributed by atoms with Crippen molar-refractivity contribution in [1.82, 2.24) is 25.5 Å². The number of amides is 4. The number of carbonyl (C=O) groups is 3. The van der Waals surface area contributed by atoms with Crippen molar-refractivity contribution in [2.24, 2.45) is 0 Å². The lowest BCUT2D eigenvalue weighted by atomic mass is 9.99. The second-order valence-electron chi connectivity index (χ2n) is 9.51. The fourth-order valence-corrected chi connectivity index (χ4v) is 4.87. The normalized spacial score (nSPS) is 17.9. The summed E-state index contributed by atoms with van der Waals surface area (Å²) >= 11 is 0. The molecule has 4 amide bonds. The molecule has 0 spiro atoms. The molecule has 0 aliphatic carbocycles. The molecule has 2 aliphatic rings. The molecule has 4 heterocycles. The van der Waals surface area contributed by atoms with E-state index in [0.717, 1.165) is 27.7 Å². The highest BCUT2D eigenvalue weighted by molar-refractivity contribution is 6.10. The molecule has 1 fully saturated rings. The van der Waals surface area contributed by atoms with Crippen molar-refractivity contribution in [2.75, 3.05) is 6.54 Å². The van der Waals surface area contributed by atoms with Crippen molar-refractivity contribution in [3.8, 4) is 17.6 Å². The van der Waals surface area contributed by atoms with E-state index in [0.29, 0.717) is 23.5 Å². The standard InChI is InChI=1S/C30H23N5O4/c1-19-13-22(24-6-2-3-7-26(24)32-19)17-39-23-9-8-21-16-35(27(36)25(21)14-23)18-30(28(37)33-29(38)34-30)11-10-20-5-4-12-31-15-20/h2-9,12-15H,16-18H2,1H3,(H2,33,34,37,38)/t30-/m1/s1. The van der Waals surface area contributed by atoms with Crippen LogP contribution in [0, 0.1) is 18.8 Å². The number of aromatic nitrogens is 2. The van der Waals surface area contributed by atoms with Gasteiger partial charge in [0.05, 0.1) is 12.1 Å². The van der Waals surface area contributed by atoms with Gasteiger partial charge in [0.15, 0.2) is 0 Å². The van der Waals surface area contributed by atoms with E-state index in [9.17, 15) is 14.4 Å². The van der Waals surface area contributed by atoms with E-state index in [1.807, 2.05) is 49.4 Å². The number of nitrogens with one attached hydrogen (secondary N) is 2. The van der Waals surface area contributed by atoms with Gasteiger partial charge >= 0.3 is 6.03 Å². The first-order valence-corrected chi connectivity index (χ1v) is 12.4. The van der Waals surface area contributed by atoms with Crippen molar-refractivity contribution in [2.45, 2.75) is 25.6 Å². The maximum Gasteiger partial charge on any atom is 0.323 e. The number of fused-ring (bicyclic) bond motifs is 2. The maximum atomic E-state index is 13.4. The van der Waals surface area contributed by atoms with Crippen LogP contribution in [0.5, 0.6) is 5.75 Å². The summed E-state index contributed by atoms with van der Waals surface area (Å²) in [4.78, 5) is 48.4. The molecule has 9 nitrogen and oxygen atoms in total. The Morgan fingerprint density at radius 1 is 1.08 bits per heavy atom. The van der Waals surface area contributed by atoms with Gasteiger partial charge in [0, 0.05) is 46.7 Å². The zero-order valence-corrected chi connectivity index (χ0v) is 21.0. The molecule has 0 radical (unpaired) electrons. The third-order valence-corrected chi connectivity index (χ3v) is 6.74. The summed E-state index contributed by atoms with van der Waals surface area (Å²) in [6.45, 7) is 2.44. The Bertz CT molecular complexity index is 1710. The van der Waals surface area contributed by atoms with E-state index < -0.39 is 17.5 Å². The van der Waals surface area contributed by atoms with Crippen LogP contribution < -0.4 is 15.4 Å². The molecule has 2 aliphatic heterocycles. The Balaban J connectivity index is 1.22. The summed E-state index contributed by atoms with van der Waals surface area (Å²) in [5.74, 6) is 5.46. The van der Waals surface area contributed by atoms with Gasteiger partial charge < -0.3 is 15.0 Å². The quantitative estimate of drug-likeness (QED) is 0.311. The first kappa shape index (κ1) is 24.1. The summed E-state index contributed by atoms with van der Waals surface area (Å²) < 4.78 is 6.09. The summed E-state index contributed by atoms with van der Waals surface area (Å²) in [6, 6.07) is 18.1. The minimum Gasteiger partial charge on any atom is -0.489 e. The highest BCUT2D eigenvalue weighted by Gasteiger charge is 2.48. The molecule has 2 N–H and O–H groups in total. The third-order valence-electron chi connectivity index (χ3n) is 6.74. The van der Waals surface area contributed by atoms with E-state index in [1.165, 1.54) is 4.90 Å². The Morgan fingerprint density at radius 3 is 2.74 bits per heavy atom. The Labute approximate surface area is 224 Å². The number of urea groups is 1. The number of nitrogens with zero attached hydrogens (tertiary/aromatic N) is 3. The summed E-state index contributed by atoms with van der Waals surface area (Å²) in [5, 5.41) is 5.87. The fraction of sp³-hybridized carbons (Fsp3) is 0.167. The average Bonchev–Trinajstić information content (AvgIpc) is 3.40. The molecule has 0 bridgehead atoms. The maximum absolute atomic E-state index is 13.4. The smallest absolute Gasteiger partial charge is 0.323 e. The minimum atomic E-state index is -1.58. The number of hydrogen-bond acceptors (Lipinski definition) is 6. The predicted molar refractivity (Wildman–Crippen MR) is 143 cm³/mol. The number of benzene rings is 2. The van der Waals surface area contributed by atoms with Gasteiger partial charge in [-0.1, -0.05) is 36.1 Å². The Hall–Kier alpha value is -5.23. The fourth-order valence-electron chi connectivity index (χ4n) is 4.87. The van der Waals surface area contributed by atoms with Gasteiger partial charge in [0.2, 0.25) is 5.54 Å². The van der Waals surface area contributed by atoms with Gasteiger partial charge in [-0.05, 0) is 48.9 Å². The summed E-state index contributed by atoms with van der Waals surface area (Å²) in [6.07, 6.45) is 3.17. The molecule has 2 aromatic carbocycles. The number of hydrogen-bond donors (Lipinski definition) is 2. The number of para-hydroxylation sites is 1. The zero-order valence-electron chi connectivity index (χ0n) is 21.0. The van der Waals surface area contributed by atoms with Gasteiger partial charge in [0.25, 0.3) is 11.8 Å². The molecule has 1 saturated heterocycles. The van der Waals surface area contributed by atoms with Crippen molar-refractivity contribution in [3.63, 3.8) is 0 Å². The Kier molecular flexibility index (Phi) is 5.92. The van der Waals surface area contributed by atoms with Crippen molar-refractivity contribution in [1.29, 1.82) is 0 Å². The van der Waals surface area contributed by atoms with E-state index in [4.69, 9.17) is 4.74 Å². The topological polar surface area (TPSA) is 114 Å². The lowest BCUT2D eigenvalue weighted by Crippen LogP contribution is -2.54. The highest BCUT2D eigenvalue weighted by Crippen LogP contribution is 2.29. The largest absolute Gasteiger partial charge is 0.489 e.